The van der Waals surface area contributed by atoms with Crippen molar-refractivity contribution in [3.63, 3.8) is 0 Å². The van der Waals surface area contributed by atoms with E-state index in [2.05, 4.69) is 15.4 Å². The molecule has 138 valence electrons. The number of aryl methyl sites for hydroxylation is 1. The van der Waals surface area contributed by atoms with E-state index in [-0.39, 0.29) is 18.5 Å². The van der Waals surface area contributed by atoms with Crippen LogP contribution in [0.1, 0.15) is 24.1 Å². The van der Waals surface area contributed by atoms with Crippen LogP contribution in [0.2, 0.25) is 5.02 Å². The van der Waals surface area contributed by atoms with Gasteiger partial charge in [0.15, 0.2) is 5.82 Å². The van der Waals surface area contributed by atoms with E-state index in [1.54, 1.807) is 15.8 Å². The summed E-state index contributed by atoms with van der Waals surface area (Å²) in [6.45, 7) is 3.05. The van der Waals surface area contributed by atoms with Crippen molar-refractivity contribution in [2.45, 2.75) is 26.3 Å². The van der Waals surface area contributed by atoms with Crippen LogP contribution in [0, 0.1) is 12.8 Å². The van der Waals surface area contributed by atoms with Gasteiger partial charge in [-0.05, 0) is 25.8 Å². The summed E-state index contributed by atoms with van der Waals surface area (Å²) >= 11 is 5.94. The number of nitrogens with one attached hydrogen (secondary N) is 1. The van der Waals surface area contributed by atoms with Gasteiger partial charge in [-0.2, -0.15) is 5.10 Å². The zero-order valence-electron chi connectivity index (χ0n) is 14.4. The zero-order chi connectivity index (χ0) is 18.7. The molecule has 0 radical (unpaired) electrons. The topological polar surface area (TPSA) is 100 Å². The Morgan fingerprint density at radius 1 is 1.35 bits per heavy atom. The van der Waals surface area contributed by atoms with Gasteiger partial charge in [0.1, 0.15) is 0 Å². The smallest absolute Gasteiger partial charge is 0.317 e. The van der Waals surface area contributed by atoms with Crippen molar-refractivity contribution in [2.24, 2.45) is 5.92 Å². The van der Waals surface area contributed by atoms with Gasteiger partial charge in [0.05, 0.1) is 23.3 Å². The average Bonchev–Trinajstić information content (AvgIpc) is 3.06. The van der Waals surface area contributed by atoms with Crippen LogP contribution in [0.15, 0.2) is 24.5 Å². The molecule has 1 aliphatic rings. The first-order valence-corrected chi connectivity index (χ1v) is 8.74. The number of aromatic nitrogens is 3. The Morgan fingerprint density at radius 3 is 2.69 bits per heavy atom. The summed E-state index contributed by atoms with van der Waals surface area (Å²) in [7, 11) is 0. The number of piperidine rings is 1. The third-order valence-electron chi connectivity index (χ3n) is 4.42. The van der Waals surface area contributed by atoms with Gasteiger partial charge < -0.3 is 15.3 Å². The first-order valence-electron chi connectivity index (χ1n) is 8.36. The van der Waals surface area contributed by atoms with Gasteiger partial charge in [-0.1, -0.05) is 17.7 Å². The van der Waals surface area contributed by atoms with Gasteiger partial charge in [-0.15, -0.1) is 0 Å². The van der Waals surface area contributed by atoms with Crippen molar-refractivity contribution in [3.05, 3.63) is 40.8 Å². The molecule has 0 aliphatic carbocycles. The quantitative estimate of drug-likeness (QED) is 0.851. The molecule has 0 atom stereocenters. The molecule has 0 saturated carbocycles. The fourth-order valence-electron chi connectivity index (χ4n) is 2.94. The number of nitrogens with zero attached hydrogens (tertiary/aromatic N) is 4. The lowest BCUT2D eigenvalue weighted by atomic mass is 9.97. The van der Waals surface area contributed by atoms with E-state index in [0.29, 0.717) is 36.8 Å². The molecule has 0 aromatic carbocycles. The Balaban J connectivity index is 1.65. The van der Waals surface area contributed by atoms with Crippen molar-refractivity contribution in [3.8, 4) is 5.82 Å². The van der Waals surface area contributed by atoms with Gasteiger partial charge in [-0.25, -0.2) is 14.5 Å². The number of carbonyl (C=O) groups is 2. The van der Waals surface area contributed by atoms with Gasteiger partial charge in [0.2, 0.25) is 0 Å². The number of pyridine rings is 1. The van der Waals surface area contributed by atoms with Gasteiger partial charge >= 0.3 is 12.0 Å². The summed E-state index contributed by atoms with van der Waals surface area (Å²) in [6.07, 6.45) is 4.14. The predicted molar refractivity (Wildman–Crippen MR) is 95.3 cm³/mol. The Kier molecular flexibility index (Phi) is 5.41. The van der Waals surface area contributed by atoms with E-state index in [0.717, 1.165) is 11.3 Å². The number of aliphatic carboxylic acids is 1. The van der Waals surface area contributed by atoms with E-state index in [1.165, 1.54) is 6.20 Å². The molecule has 2 N–H and O–H groups in total. The summed E-state index contributed by atoms with van der Waals surface area (Å²) in [4.78, 5) is 29.5. The maximum atomic E-state index is 12.4. The van der Waals surface area contributed by atoms with Crippen LogP contribution in [0.25, 0.3) is 5.82 Å². The molecule has 0 bridgehead atoms. The standard InChI is InChI=1S/C17H20ClN5O3/c1-11-2-3-13(15(21-11)23-10-14(18)9-20-23)8-19-17(26)22-6-4-12(5-7-22)16(24)25/h2-3,9-10,12H,4-8H2,1H3,(H,19,26)(H,24,25). The largest absolute Gasteiger partial charge is 0.481 e. The highest BCUT2D eigenvalue weighted by Crippen LogP contribution is 2.18. The van der Waals surface area contributed by atoms with E-state index in [9.17, 15) is 9.59 Å². The van der Waals surface area contributed by atoms with E-state index in [1.807, 2.05) is 19.1 Å². The zero-order valence-corrected chi connectivity index (χ0v) is 15.1. The van der Waals surface area contributed by atoms with Crippen LogP contribution in [0.4, 0.5) is 4.79 Å². The molecule has 3 heterocycles. The minimum Gasteiger partial charge on any atom is -0.481 e. The van der Waals surface area contributed by atoms with Crippen molar-refractivity contribution in [1.29, 1.82) is 0 Å². The second-order valence-corrected chi connectivity index (χ2v) is 6.73. The summed E-state index contributed by atoms with van der Waals surface area (Å²) in [5, 5.41) is 16.6. The van der Waals surface area contributed by atoms with E-state index in [4.69, 9.17) is 16.7 Å². The maximum absolute atomic E-state index is 12.4. The van der Waals surface area contributed by atoms with Crippen LogP contribution < -0.4 is 5.32 Å². The Labute approximate surface area is 155 Å². The number of carboxylic acid groups (broad SMARTS) is 1. The molecule has 26 heavy (non-hydrogen) atoms. The number of amides is 2. The first-order chi connectivity index (χ1) is 12.4. The number of hydrogen-bond donors (Lipinski definition) is 2. The normalized spacial score (nSPS) is 15.1. The van der Waals surface area contributed by atoms with Crippen LogP contribution in [0.5, 0.6) is 0 Å². The third kappa shape index (κ3) is 4.13. The van der Waals surface area contributed by atoms with Crippen LogP contribution in [0.3, 0.4) is 0 Å². The van der Waals surface area contributed by atoms with Gasteiger partial charge in [0.25, 0.3) is 0 Å². The number of likely N-dealkylation sites (tertiary alicyclic amines) is 1. The molecule has 2 aromatic heterocycles. The van der Waals surface area contributed by atoms with Crippen LogP contribution in [-0.2, 0) is 11.3 Å². The molecule has 0 unspecified atom stereocenters. The summed E-state index contributed by atoms with van der Waals surface area (Å²) < 4.78 is 1.58. The molecular formula is C17H20ClN5O3. The monoisotopic (exact) mass is 377 g/mol. The highest BCUT2D eigenvalue weighted by Gasteiger charge is 2.26. The van der Waals surface area contributed by atoms with E-state index < -0.39 is 5.97 Å². The van der Waals surface area contributed by atoms with Gasteiger partial charge in [-0.3, -0.25) is 4.79 Å². The van der Waals surface area contributed by atoms with Crippen molar-refractivity contribution in [1.82, 2.24) is 25.0 Å². The SMILES string of the molecule is Cc1ccc(CNC(=O)N2CCC(C(=O)O)CC2)c(-n2cc(Cl)cn2)n1. The molecule has 2 aromatic rings. The Bertz CT molecular complexity index is 814. The summed E-state index contributed by atoms with van der Waals surface area (Å²) in [6, 6.07) is 3.55. The summed E-state index contributed by atoms with van der Waals surface area (Å²) in [5.74, 6) is -0.545. The molecule has 0 spiro atoms. The minimum absolute atomic E-state index is 0.209. The number of carboxylic acids is 1. The fourth-order valence-corrected chi connectivity index (χ4v) is 3.07. The highest BCUT2D eigenvalue weighted by atomic mass is 35.5. The van der Waals surface area contributed by atoms with Crippen molar-refractivity contribution in [2.75, 3.05) is 13.1 Å². The number of hydrogen-bond acceptors (Lipinski definition) is 4. The molecule has 2 amide bonds. The lowest BCUT2D eigenvalue weighted by Gasteiger charge is -2.30. The predicted octanol–water partition coefficient (Wildman–Crippen LogP) is 2.24. The van der Waals surface area contributed by atoms with Crippen LogP contribution in [-0.4, -0.2) is 49.9 Å². The Morgan fingerprint density at radius 2 is 2.08 bits per heavy atom. The lowest BCUT2D eigenvalue weighted by molar-refractivity contribution is -0.143. The van der Waals surface area contributed by atoms with Crippen LogP contribution >= 0.6 is 11.6 Å². The maximum Gasteiger partial charge on any atom is 0.317 e. The minimum atomic E-state index is -0.793. The van der Waals surface area contributed by atoms with E-state index >= 15 is 0 Å². The molecule has 1 saturated heterocycles. The van der Waals surface area contributed by atoms with Crippen molar-refractivity contribution < 1.29 is 14.7 Å². The molecule has 1 fully saturated rings. The lowest BCUT2D eigenvalue weighted by Crippen LogP contribution is -2.45. The van der Waals surface area contributed by atoms with Gasteiger partial charge in [0, 0.05) is 30.9 Å². The molecule has 9 heteroatoms. The second kappa shape index (κ2) is 7.74. The third-order valence-corrected chi connectivity index (χ3v) is 4.62. The molecule has 1 aliphatic heterocycles. The summed E-state index contributed by atoms with van der Waals surface area (Å²) in [5.41, 5.74) is 1.64. The molecular weight excluding hydrogens is 358 g/mol. The number of halogens is 1. The molecule has 8 nitrogen and oxygen atoms in total. The number of carbonyl (C=O) groups excluding carboxylic acids is 1. The molecule has 3 rings (SSSR count). The Hall–Kier alpha value is -2.61. The second-order valence-electron chi connectivity index (χ2n) is 6.30. The van der Waals surface area contributed by atoms with Crippen molar-refractivity contribution >= 4 is 23.6 Å². The fraction of sp³-hybridized carbons (Fsp3) is 0.412. The average molecular weight is 378 g/mol. The first kappa shape index (κ1) is 18.2. The number of rotatable bonds is 4. The highest BCUT2D eigenvalue weighted by molar-refractivity contribution is 6.30. The number of urea groups is 1.